The highest BCUT2D eigenvalue weighted by molar-refractivity contribution is 6.77. The number of hydrogen-bond acceptors (Lipinski definition) is 2. The van der Waals surface area contributed by atoms with Crippen LogP contribution in [0.4, 0.5) is 0 Å². The van der Waals surface area contributed by atoms with Crippen molar-refractivity contribution in [1.29, 1.82) is 0 Å². The van der Waals surface area contributed by atoms with Crippen LogP contribution >= 0.6 is 34.8 Å². The molecule has 0 radical (unpaired) electrons. The molecule has 120 valence electrons. The van der Waals surface area contributed by atoms with Crippen LogP contribution in [0.1, 0.15) is 43.2 Å². The molecule has 2 nitrogen and oxygen atoms in total. The highest BCUT2D eigenvalue weighted by Crippen LogP contribution is 2.43. The largest absolute Gasteiger partial charge is 0.393 e. The molecule has 1 aromatic carbocycles. The van der Waals surface area contributed by atoms with Gasteiger partial charge >= 0.3 is 8.56 Å². The second-order valence-electron chi connectivity index (χ2n) is 4.89. The molecule has 0 N–H and O–H groups in total. The van der Waals surface area contributed by atoms with Crippen molar-refractivity contribution in [2.75, 3.05) is 13.2 Å². The van der Waals surface area contributed by atoms with Crippen LogP contribution in [-0.2, 0) is 13.3 Å². The molecule has 0 saturated heterocycles. The van der Waals surface area contributed by atoms with E-state index in [1.54, 1.807) is 0 Å². The minimum Gasteiger partial charge on any atom is -0.393 e. The average Bonchev–Trinajstić information content (AvgIpc) is 2.46. The summed E-state index contributed by atoms with van der Waals surface area (Å²) in [5, 5.41) is 0. The van der Waals surface area contributed by atoms with Gasteiger partial charge in [0.25, 0.3) is 0 Å². The third kappa shape index (κ3) is 4.15. The number of benzene rings is 1. The molecule has 21 heavy (non-hydrogen) atoms. The molecular weight excluding hydrogens is 347 g/mol. The van der Waals surface area contributed by atoms with E-state index in [1.165, 1.54) is 0 Å². The smallest absolute Gasteiger partial charge is 0.361 e. The summed E-state index contributed by atoms with van der Waals surface area (Å²) in [5.41, 5.74) is 1.84. The van der Waals surface area contributed by atoms with E-state index in [4.69, 9.17) is 43.7 Å². The molecule has 0 saturated carbocycles. The van der Waals surface area contributed by atoms with Gasteiger partial charge in [-0.25, -0.2) is 0 Å². The van der Waals surface area contributed by atoms with Gasteiger partial charge in [-0.05, 0) is 37.9 Å². The fourth-order valence-corrected chi connectivity index (χ4v) is 6.22. The van der Waals surface area contributed by atoms with Crippen molar-refractivity contribution in [3.8, 4) is 0 Å². The Bertz CT molecular complexity index is 433. The third-order valence-electron chi connectivity index (χ3n) is 3.67. The maximum absolute atomic E-state index is 6.99. The molecule has 0 aromatic heterocycles. The second-order valence-corrected chi connectivity index (χ2v) is 10.3. The van der Waals surface area contributed by atoms with Crippen LogP contribution in [0.2, 0.25) is 6.55 Å². The number of rotatable bonds is 8. The summed E-state index contributed by atoms with van der Waals surface area (Å²) in [7, 11) is -2.59. The van der Waals surface area contributed by atoms with Crippen molar-refractivity contribution in [3.05, 3.63) is 35.4 Å². The van der Waals surface area contributed by atoms with Crippen molar-refractivity contribution in [3.63, 3.8) is 0 Å². The molecule has 1 aromatic rings. The number of hydrogen-bond donors (Lipinski definition) is 0. The van der Waals surface area contributed by atoms with Crippen LogP contribution in [0.15, 0.2) is 24.3 Å². The van der Waals surface area contributed by atoms with Gasteiger partial charge in [0.15, 0.2) is 0 Å². The lowest BCUT2D eigenvalue weighted by atomic mass is 10.1. The predicted octanol–water partition coefficient (Wildman–Crippen LogP) is 5.69. The molecule has 0 bridgehead atoms. The first-order chi connectivity index (χ1) is 9.84. The van der Waals surface area contributed by atoms with Crippen LogP contribution in [-0.4, -0.2) is 21.8 Å². The van der Waals surface area contributed by atoms with Crippen LogP contribution in [0.25, 0.3) is 0 Å². The number of alkyl halides is 3. The van der Waals surface area contributed by atoms with E-state index in [0.717, 1.165) is 17.5 Å². The van der Waals surface area contributed by atoms with Gasteiger partial charge in [-0.15, -0.1) is 34.8 Å². The van der Waals surface area contributed by atoms with Crippen molar-refractivity contribution >= 4 is 43.4 Å². The quantitative estimate of drug-likeness (QED) is 0.433. The molecule has 0 amide bonds. The Balaban J connectivity index is 3.22. The lowest BCUT2D eigenvalue weighted by Gasteiger charge is -2.40. The van der Waals surface area contributed by atoms with Crippen molar-refractivity contribution < 1.29 is 8.85 Å². The van der Waals surface area contributed by atoms with Gasteiger partial charge < -0.3 is 8.85 Å². The van der Waals surface area contributed by atoms with Gasteiger partial charge in [0, 0.05) is 13.2 Å². The third-order valence-corrected chi connectivity index (χ3v) is 9.45. The molecule has 1 unspecified atom stereocenters. The molecule has 0 aliphatic heterocycles. The van der Waals surface area contributed by atoms with E-state index in [-0.39, 0.29) is 0 Å². The zero-order chi connectivity index (χ0) is 16.1. The first-order valence-electron chi connectivity index (χ1n) is 7.20. The van der Waals surface area contributed by atoms with Crippen LogP contribution in [0.3, 0.4) is 0 Å². The van der Waals surface area contributed by atoms with E-state index in [0.29, 0.717) is 13.2 Å². The molecule has 1 rings (SSSR count). The molecule has 0 fully saturated rings. The number of halogens is 3. The molecule has 0 aliphatic carbocycles. The molecular formula is C15H23Cl3O2Si. The fourth-order valence-electron chi connectivity index (χ4n) is 2.50. The SMILES string of the molecule is CCO[Si](C)(OCC)C(Cl)(CC)c1ccc(C(Cl)Cl)cc1. The standard InChI is InChI=1S/C15H23Cl3O2Si/c1-5-15(18,21(4,19-6-2)20-7-3)13-10-8-12(9-11-13)14(16)17/h8-11,14H,5-7H2,1-4H3. The second kappa shape index (κ2) is 8.18. The maximum Gasteiger partial charge on any atom is 0.361 e. The summed E-state index contributed by atoms with van der Waals surface area (Å²) in [5.74, 6) is 0. The fraction of sp³-hybridized carbons (Fsp3) is 0.600. The Morgan fingerprint density at radius 1 is 1.05 bits per heavy atom. The van der Waals surface area contributed by atoms with Crippen LogP contribution in [0, 0.1) is 0 Å². The van der Waals surface area contributed by atoms with Gasteiger partial charge in [-0.3, -0.25) is 0 Å². The Kier molecular flexibility index (Phi) is 7.51. The highest BCUT2D eigenvalue weighted by Gasteiger charge is 2.53. The molecule has 6 heteroatoms. The minimum absolute atomic E-state index is 0.534. The Labute approximate surface area is 143 Å². The van der Waals surface area contributed by atoms with Crippen molar-refractivity contribution in [1.82, 2.24) is 0 Å². The topological polar surface area (TPSA) is 18.5 Å². The summed E-state index contributed by atoms with van der Waals surface area (Å²) in [4.78, 5) is -0.534. The first kappa shape index (κ1) is 19.3. The minimum atomic E-state index is -2.59. The summed E-state index contributed by atoms with van der Waals surface area (Å²) in [6, 6.07) is 7.73. The molecule has 0 spiro atoms. The Hall–Kier alpha value is 0.227. The van der Waals surface area contributed by atoms with E-state index >= 15 is 0 Å². The van der Waals surface area contributed by atoms with Gasteiger partial charge in [0.1, 0.15) is 9.33 Å². The molecule has 0 heterocycles. The summed E-state index contributed by atoms with van der Waals surface area (Å²) in [6.45, 7) is 9.17. The van der Waals surface area contributed by atoms with Crippen molar-refractivity contribution in [2.24, 2.45) is 0 Å². The zero-order valence-electron chi connectivity index (χ0n) is 13.0. The van der Waals surface area contributed by atoms with Gasteiger partial charge in [0.05, 0.1) is 0 Å². The molecule has 0 aliphatic rings. The molecule has 1 atom stereocenters. The average molecular weight is 370 g/mol. The Morgan fingerprint density at radius 3 is 1.86 bits per heavy atom. The lowest BCUT2D eigenvalue weighted by Crippen LogP contribution is -2.55. The normalized spacial score (nSPS) is 15.2. The first-order valence-corrected chi connectivity index (χ1v) is 10.8. The maximum atomic E-state index is 6.99. The summed E-state index contributed by atoms with van der Waals surface area (Å²) >= 11 is 18.8. The zero-order valence-corrected chi connectivity index (χ0v) is 16.2. The highest BCUT2D eigenvalue weighted by atomic mass is 35.5. The lowest BCUT2D eigenvalue weighted by molar-refractivity contribution is 0.172. The van der Waals surface area contributed by atoms with Crippen LogP contribution in [0.5, 0.6) is 0 Å². The van der Waals surface area contributed by atoms with E-state index in [1.807, 2.05) is 44.7 Å². The van der Waals surface area contributed by atoms with E-state index in [2.05, 4.69) is 6.92 Å². The summed E-state index contributed by atoms with van der Waals surface area (Å²) in [6.07, 6.45) is 0.724. The van der Waals surface area contributed by atoms with Gasteiger partial charge in [-0.2, -0.15) is 0 Å². The van der Waals surface area contributed by atoms with Gasteiger partial charge in [0.2, 0.25) is 0 Å². The van der Waals surface area contributed by atoms with E-state index < -0.39 is 17.9 Å². The van der Waals surface area contributed by atoms with Crippen molar-refractivity contribution in [2.45, 2.75) is 43.1 Å². The van der Waals surface area contributed by atoms with Gasteiger partial charge in [-0.1, -0.05) is 31.2 Å². The van der Waals surface area contributed by atoms with Crippen LogP contribution < -0.4 is 0 Å². The predicted molar refractivity (Wildman–Crippen MR) is 93.6 cm³/mol. The monoisotopic (exact) mass is 368 g/mol. The van der Waals surface area contributed by atoms with E-state index in [9.17, 15) is 0 Å². The summed E-state index contributed by atoms with van der Waals surface area (Å²) < 4.78 is 11.3. The Morgan fingerprint density at radius 2 is 1.52 bits per heavy atom.